The van der Waals surface area contributed by atoms with Gasteiger partial charge >= 0.3 is 0 Å². The van der Waals surface area contributed by atoms with Gasteiger partial charge in [0, 0.05) is 12.1 Å². The summed E-state index contributed by atoms with van der Waals surface area (Å²) in [5.74, 6) is 0.893. The summed E-state index contributed by atoms with van der Waals surface area (Å²) in [6.07, 6.45) is 6.57. The standard InChI is InChI=1S/C17H28N2/c1-14-7-6-10-16(13-14)19(2)12-11-17(18)15-8-4-3-5-9-15/h3-5,8-9,14,16-17H,6-7,10-13,18H2,1-2H3. The minimum absolute atomic E-state index is 0.171. The lowest BCUT2D eigenvalue weighted by atomic mass is 9.86. The fourth-order valence-electron chi connectivity index (χ4n) is 3.19. The van der Waals surface area contributed by atoms with Crippen molar-refractivity contribution in [3.63, 3.8) is 0 Å². The first-order chi connectivity index (χ1) is 9.16. The van der Waals surface area contributed by atoms with Crippen LogP contribution in [0.2, 0.25) is 0 Å². The highest BCUT2D eigenvalue weighted by Gasteiger charge is 2.22. The van der Waals surface area contributed by atoms with Gasteiger partial charge in [-0.25, -0.2) is 0 Å². The maximum absolute atomic E-state index is 6.27. The summed E-state index contributed by atoms with van der Waals surface area (Å²) >= 11 is 0. The van der Waals surface area contributed by atoms with Crippen LogP contribution in [0.4, 0.5) is 0 Å². The van der Waals surface area contributed by atoms with Crippen LogP contribution in [-0.4, -0.2) is 24.5 Å². The lowest BCUT2D eigenvalue weighted by Crippen LogP contribution is -2.37. The second-order valence-electron chi connectivity index (χ2n) is 6.21. The van der Waals surface area contributed by atoms with Gasteiger partial charge in [0.1, 0.15) is 0 Å². The van der Waals surface area contributed by atoms with E-state index in [1.165, 1.54) is 31.2 Å². The first kappa shape index (κ1) is 14.5. The molecule has 1 aromatic carbocycles. The highest BCUT2D eigenvalue weighted by atomic mass is 15.1. The SMILES string of the molecule is CC1CCCC(N(C)CCC(N)c2ccccc2)C1. The molecule has 0 amide bonds. The van der Waals surface area contributed by atoms with Crippen LogP contribution in [0.15, 0.2) is 30.3 Å². The van der Waals surface area contributed by atoms with Gasteiger partial charge in [-0.1, -0.05) is 50.1 Å². The van der Waals surface area contributed by atoms with Crippen molar-refractivity contribution in [2.24, 2.45) is 11.7 Å². The van der Waals surface area contributed by atoms with Crippen LogP contribution in [-0.2, 0) is 0 Å². The molecule has 1 saturated carbocycles. The van der Waals surface area contributed by atoms with Gasteiger partial charge in [-0.15, -0.1) is 0 Å². The third kappa shape index (κ3) is 4.32. The van der Waals surface area contributed by atoms with Gasteiger partial charge in [0.15, 0.2) is 0 Å². The molecule has 3 unspecified atom stereocenters. The minimum Gasteiger partial charge on any atom is -0.324 e. The predicted molar refractivity (Wildman–Crippen MR) is 82.0 cm³/mol. The summed E-state index contributed by atoms with van der Waals surface area (Å²) in [4.78, 5) is 2.53. The van der Waals surface area contributed by atoms with E-state index in [0.717, 1.165) is 24.9 Å². The Morgan fingerprint density at radius 3 is 2.68 bits per heavy atom. The lowest BCUT2D eigenvalue weighted by molar-refractivity contribution is 0.160. The van der Waals surface area contributed by atoms with E-state index in [2.05, 4.69) is 43.1 Å². The molecule has 2 N–H and O–H groups in total. The second-order valence-corrected chi connectivity index (χ2v) is 6.21. The van der Waals surface area contributed by atoms with Crippen LogP contribution in [0.5, 0.6) is 0 Å². The van der Waals surface area contributed by atoms with Crippen LogP contribution in [0, 0.1) is 5.92 Å². The van der Waals surface area contributed by atoms with Crippen LogP contribution < -0.4 is 5.73 Å². The third-order valence-electron chi connectivity index (χ3n) is 4.55. The second kappa shape index (κ2) is 7.06. The van der Waals surface area contributed by atoms with E-state index in [-0.39, 0.29) is 6.04 Å². The fraction of sp³-hybridized carbons (Fsp3) is 0.647. The zero-order chi connectivity index (χ0) is 13.7. The van der Waals surface area contributed by atoms with E-state index in [0.29, 0.717) is 0 Å². The van der Waals surface area contributed by atoms with Crippen molar-refractivity contribution in [1.82, 2.24) is 4.90 Å². The third-order valence-corrected chi connectivity index (χ3v) is 4.55. The summed E-state index contributed by atoms with van der Waals surface area (Å²) in [5.41, 5.74) is 7.53. The normalized spacial score (nSPS) is 25.5. The van der Waals surface area contributed by atoms with E-state index >= 15 is 0 Å². The summed E-state index contributed by atoms with van der Waals surface area (Å²) < 4.78 is 0. The van der Waals surface area contributed by atoms with Crippen LogP contribution in [0.25, 0.3) is 0 Å². The van der Waals surface area contributed by atoms with Crippen molar-refractivity contribution in [3.05, 3.63) is 35.9 Å². The van der Waals surface area contributed by atoms with Gasteiger partial charge in [-0.05, 0) is 44.3 Å². The Morgan fingerprint density at radius 1 is 1.26 bits per heavy atom. The molecule has 0 bridgehead atoms. The average Bonchev–Trinajstić information content (AvgIpc) is 2.45. The molecule has 0 aromatic heterocycles. The number of nitrogens with two attached hydrogens (primary N) is 1. The van der Waals surface area contributed by atoms with Gasteiger partial charge in [-0.3, -0.25) is 0 Å². The molecular formula is C17H28N2. The zero-order valence-corrected chi connectivity index (χ0v) is 12.4. The van der Waals surface area contributed by atoms with E-state index in [1.807, 2.05) is 6.07 Å². The number of nitrogens with zero attached hydrogens (tertiary/aromatic N) is 1. The van der Waals surface area contributed by atoms with Crippen molar-refractivity contribution in [2.45, 2.75) is 51.1 Å². The van der Waals surface area contributed by atoms with Crippen molar-refractivity contribution < 1.29 is 0 Å². The van der Waals surface area contributed by atoms with E-state index in [4.69, 9.17) is 5.73 Å². The molecule has 19 heavy (non-hydrogen) atoms. The fourth-order valence-corrected chi connectivity index (χ4v) is 3.19. The highest BCUT2D eigenvalue weighted by molar-refractivity contribution is 5.18. The molecule has 1 aliphatic rings. The number of benzene rings is 1. The zero-order valence-electron chi connectivity index (χ0n) is 12.4. The van der Waals surface area contributed by atoms with Crippen LogP contribution in [0.3, 0.4) is 0 Å². The molecule has 2 heteroatoms. The minimum atomic E-state index is 0.171. The number of hydrogen-bond acceptors (Lipinski definition) is 2. The lowest BCUT2D eigenvalue weighted by Gasteiger charge is -2.34. The monoisotopic (exact) mass is 260 g/mol. The smallest absolute Gasteiger partial charge is 0.0307 e. The molecule has 0 aliphatic heterocycles. The van der Waals surface area contributed by atoms with Gasteiger partial charge in [0.05, 0.1) is 0 Å². The summed E-state index contributed by atoms with van der Waals surface area (Å²) in [7, 11) is 2.26. The van der Waals surface area contributed by atoms with Gasteiger partial charge in [0.2, 0.25) is 0 Å². The first-order valence-electron chi connectivity index (χ1n) is 7.67. The highest BCUT2D eigenvalue weighted by Crippen LogP contribution is 2.27. The van der Waals surface area contributed by atoms with E-state index < -0.39 is 0 Å². The Bertz CT molecular complexity index is 363. The molecule has 1 fully saturated rings. The van der Waals surface area contributed by atoms with E-state index in [1.54, 1.807) is 0 Å². The van der Waals surface area contributed by atoms with E-state index in [9.17, 15) is 0 Å². The molecule has 106 valence electrons. The Kier molecular flexibility index (Phi) is 5.41. The molecule has 2 nitrogen and oxygen atoms in total. The van der Waals surface area contributed by atoms with Crippen molar-refractivity contribution in [2.75, 3.05) is 13.6 Å². The maximum Gasteiger partial charge on any atom is 0.0307 e. The molecule has 3 atom stereocenters. The predicted octanol–water partition coefficient (Wildman–Crippen LogP) is 3.59. The topological polar surface area (TPSA) is 29.3 Å². The van der Waals surface area contributed by atoms with Crippen LogP contribution in [0.1, 0.15) is 50.6 Å². The van der Waals surface area contributed by atoms with Gasteiger partial charge < -0.3 is 10.6 Å². The Balaban J connectivity index is 1.78. The number of hydrogen-bond donors (Lipinski definition) is 1. The number of rotatable bonds is 5. The van der Waals surface area contributed by atoms with Gasteiger partial charge in [-0.2, -0.15) is 0 Å². The quantitative estimate of drug-likeness (QED) is 0.876. The summed E-state index contributed by atoms with van der Waals surface area (Å²) in [6.45, 7) is 3.49. The van der Waals surface area contributed by atoms with Gasteiger partial charge in [0.25, 0.3) is 0 Å². The van der Waals surface area contributed by atoms with Crippen molar-refractivity contribution >= 4 is 0 Å². The molecule has 2 rings (SSSR count). The maximum atomic E-state index is 6.27. The van der Waals surface area contributed by atoms with Crippen molar-refractivity contribution in [3.8, 4) is 0 Å². The largest absolute Gasteiger partial charge is 0.324 e. The Hall–Kier alpha value is -0.860. The molecular weight excluding hydrogens is 232 g/mol. The molecule has 0 radical (unpaired) electrons. The molecule has 1 aromatic rings. The summed E-state index contributed by atoms with van der Waals surface area (Å²) in [6, 6.07) is 11.4. The molecule has 0 heterocycles. The molecule has 0 saturated heterocycles. The summed E-state index contributed by atoms with van der Waals surface area (Å²) in [5, 5.41) is 0. The van der Waals surface area contributed by atoms with Crippen LogP contribution >= 0.6 is 0 Å². The van der Waals surface area contributed by atoms with Crippen molar-refractivity contribution in [1.29, 1.82) is 0 Å². The molecule has 0 spiro atoms. The molecule has 1 aliphatic carbocycles. The first-order valence-corrected chi connectivity index (χ1v) is 7.67. The Morgan fingerprint density at radius 2 is 2.00 bits per heavy atom. The average molecular weight is 260 g/mol. The Labute approximate surface area is 118 Å².